The number of esters is 1. The van der Waals surface area contributed by atoms with E-state index in [1.807, 2.05) is 0 Å². The van der Waals surface area contributed by atoms with E-state index >= 15 is 0 Å². The molecule has 0 saturated carbocycles. The molecule has 2 heterocycles. The zero-order valence-electron chi connectivity index (χ0n) is 14.9. The molecule has 3 rings (SSSR count). The normalized spacial score (nSPS) is 17.0. The highest BCUT2D eigenvalue weighted by molar-refractivity contribution is 7.89. The summed E-state index contributed by atoms with van der Waals surface area (Å²) in [6.07, 6.45) is 0. The van der Waals surface area contributed by atoms with Crippen molar-refractivity contribution in [2.24, 2.45) is 11.7 Å². The monoisotopic (exact) mass is 414 g/mol. The fourth-order valence-electron chi connectivity index (χ4n) is 2.72. The smallest absolute Gasteiger partial charge is 0.311 e. The molecule has 1 aromatic heterocycles. The van der Waals surface area contributed by atoms with Gasteiger partial charge in [0.1, 0.15) is 0 Å². The maximum atomic E-state index is 12.8. The third-order valence-electron chi connectivity index (χ3n) is 4.29. The van der Waals surface area contributed by atoms with Crippen LogP contribution in [0.4, 0.5) is 5.13 Å². The number of aromatic nitrogens is 1. The molecule has 11 heteroatoms. The molecule has 3 N–H and O–H groups in total. The average molecular weight is 415 g/mol. The SMILES string of the molecule is COC(=O)C(CN)CNc1nc2ccc(S(=O)(=O)N3CCOCC3)cc2s1. The van der Waals surface area contributed by atoms with Crippen LogP contribution >= 0.6 is 11.3 Å². The van der Waals surface area contributed by atoms with Crippen LogP contribution in [0.15, 0.2) is 23.1 Å². The van der Waals surface area contributed by atoms with Crippen molar-refractivity contribution in [2.75, 3.05) is 51.8 Å². The fourth-order valence-corrected chi connectivity index (χ4v) is 5.14. The van der Waals surface area contributed by atoms with Gasteiger partial charge in [0.15, 0.2) is 5.13 Å². The van der Waals surface area contributed by atoms with E-state index in [0.717, 1.165) is 4.70 Å². The highest BCUT2D eigenvalue weighted by Crippen LogP contribution is 2.29. The molecule has 0 spiro atoms. The van der Waals surface area contributed by atoms with E-state index in [4.69, 9.17) is 15.2 Å². The summed E-state index contributed by atoms with van der Waals surface area (Å²) in [6, 6.07) is 4.88. The maximum absolute atomic E-state index is 12.8. The number of rotatable bonds is 7. The molecule has 0 bridgehead atoms. The van der Waals surface area contributed by atoms with Crippen LogP contribution in [0.25, 0.3) is 10.2 Å². The molecule has 148 valence electrons. The number of carbonyl (C=O) groups excluding carboxylic acids is 1. The van der Waals surface area contributed by atoms with Gasteiger partial charge in [-0.2, -0.15) is 4.31 Å². The molecule has 1 saturated heterocycles. The number of ether oxygens (including phenoxy) is 2. The maximum Gasteiger partial charge on any atom is 0.311 e. The third kappa shape index (κ3) is 4.38. The van der Waals surface area contributed by atoms with Crippen LogP contribution in [0, 0.1) is 5.92 Å². The molecule has 0 amide bonds. The number of hydrogen-bond acceptors (Lipinski definition) is 9. The zero-order chi connectivity index (χ0) is 19.4. The molecule has 1 aromatic carbocycles. The highest BCUT2D eigenvalue weighted by Gasteiger charge is 2.26. The first-order valence-electron chi connectivity index (χ1n) is 8.46. The first kappa shape index (κ1) is 20.0. The van der Waals surface area contributed by atoms with E-state index in [1.54, 1.807) is 18.2 Å². The minimum Gasteiger partial charge on any atom is -0.469 e. The Hall–Kier alpha value is -1.79. The lowest BCUT2D eigenvalue weighted by Gasteiger charge is -2.25. The van der Waals surface area contributed by atoms with Crippen molar-refractivity contribution in [3.63, 3.8) is 0 Å². The van der Waals surface area contributed by atoms with Gasteiger partial charge in [0.2, 0.25) is 10.0 Å². The predicted octanol–water partition coefficient (Wildman–Crippen LogP) is 0.477. The van der Waals surface area contributed by atoms with Crippen molar-refractivity contribution in [3.05, 3.63) is 18.2 Å². The molecular formula is C16H22N4O5S2. The second-order valence-electron chi connectivity index (χ2n) is 6.00. The van der Waals surface area contributed by atoms with Crippen LogP contribution < -0.4 is 11.1 Å². The number of morpholine rings is 1. The number of sulfonamides is 1. The van der Waals surface area contributed by atoms with Crippen LogP contribution in [0.5, 0.6) is 0 Å². The molecule has 1 aliphatic heterocycles. The summed E-state index contributed by atoms with van der Waals surface area (Å²) in [4.78, 5) is 16.3. The number of nitrogens with zero attached hydrogens (tertiary/aromatic N) is 2. The van der Waals surface area contributed by atoms with Crippen molar-refractivity contribution in [2.45, 2.75) is 4.90 Å². The summed E-state index contributed by atoms with van der Waals surface area (Å²) in [5, 5.41) is 3.66. The van der Waals surface area contributed by atoms with Crippen LogP contribution in [0.1, 0.15) is 0 Å². The van der Waals surface area contributed by atoms with Gasteiger partial charge in [-0.05, 0) is 18.2 Å². The van der Waals surface area contributed by atoms with E-state index < -0.39 is 15.9 Å². The van der Waals surface area contributed by atoms with E-state index in [9.17, 15) is 13.2 Å². The van der Waals surface area contributed by atoms with Crippen LogP contribution in [0.3, 0.4) is 0 Å². The van der Waals surface area contributed by atoms with Crippen LogP contribution in [0.2, 0.25) is 0 Å². The Balaban J connectivity index is 1.77. The Kier molecular flexibility index (Phi) is 6.27. The minimum absolute atomic E-state index is 0.159. The summed E-state index contributed by atoms with van der Waals surface area (Å²) < 4.78 is 37.6. The van der Waals surface area contributed by atoms with Crippen LogP contribution in [-0.4, -0.2) is 70.2 Å². The summed E-state index contributed by atoms with van der Waals surface area (Å²) in [5.74, 6) is -0.857. The number of nitrogens with one attached hydrogen (secondary N) is 1. The lowest BCUT2D eigenvalue weighted by atomic mass is 10.1. The minimum atomic E-state index is -3.55. The Morgan fingerprint density at radius 1 is 1.44 bits per heavy atom. The molecule has 9 nitrogen and oxygen atoms in total. The van der Waals surface area contributed by atoms with E-state index in [-0.39, 0.29) is 17.4 Å². The molecule has 0 aliphatic carbocycles. The lowest BCUT2D eigenvalue weighted by Crippen LogP contribution is -2.40. The molecule has 27 heavy (non-hydrogen) atoms. The fraction of sp³-hybridized carbons (Fsp3) is 0.500. The van der Waals surface area contributed by atoms with E-state index in [0.29, 0.717) is 43.5 Å². The number of methoxy groups -OCH3 is 1. The van der Waals surface area contributed by atoms with Crippen molar-refractivity contribution in [1.82, 2.24) is 9.29 Å². The number of anilines is 1. The van der Waals surface area contributed by atoms with Crippen molar-refractivity contribution in [3.8, 4) is 0 Å². The highest BCUT2D eigenvalue weighted by atomic mass is 32.2. The number of nitrogens with two attached hydrogens (primary N) is 1. The topological polar surface area (TPSA) is 124 Å². The Morgan fingerprint density at radius 3 is 2.85 bits per heavy atom. The van der Waals surface area contributed by atoms with Gasteiger partial charge in [0.25, 0.3) is 0 Å². The van der Waals surface area contributed by atoms with E-state index in [1.165, 1.54) is 22.8 Å². The second kappa shape index (κ2) is 8.48. The van der Waals surface area contributed by atoms with Gasteiger partial charge in [-0.1, -0.05) is 11.3 Å². The largest absolute Gasteiger partial charge is 0.469 e. The van der Waals surface area contributed by atoms with Crippen molar-refractivity contribution >= 4 is 42.7 Å². The third-order valence-corrected chi connectivity index (χ3v) is 7.16. The first-order valence-corrected chi connectivity index (χ1v) is 10.7. The quantitative estimate of drug-likeness (QED) is 0.627. The van der Waals surface area contributed by atoms with Crippen molar-refractivity contribution < 1.29 is 22.7 Å². The Morgan fingerprint density at radius 2 is 2.19 bits per heavy atom. The molecule has 0 radical (unpaired) electrons. The average Bonchev–Trinajstić information content (AvgIpc) is 3.10. The van der Waals surface area contributed by atoms with Gasteiger partial charge in [-0.25, -0.2) is 13.4 Å². The van der Waals surface area contributed by atoms with Crippen LogP contribution in [-0.2, 0) is 24.3 Å². The number of carbonyl (C=O) groups is 1. The number of hydrogen-bond donors (Lipinski definition) is 2. The molecule has 1 aliphatic rings. The number of benzene rings is 1. The summed E-state index contributed by atoms with van der Waals surface area (Å²) in [6.45, 7) is 1.96. The second-order valence-corrected chi connectivity index (χ2v) is 8.97. The molecular weight excluding hydrogens is 392 g/mol. The van der Waals surface area contributed by atoms with Gasteiger partial charge in [0, 0.05) is 26.2 Å². The van der Waals surface area contributed by atoms with Gasteiger partial charge in [-0.3, -0.25) is 4.79 Å². The zero-order valence-corrected chi connectivity index (χ0v) is 16.5. The molecule has 1 fully saturated rings. The number of fused-ring (bicyclic) bond motifs is 1. The first-order chi connectivity index (χ1) is 13.0. The lowest BCUT2D eigenvalue weighted by molar-refractivity contribution is -0.144. The van der Waals surface area contributed by atoms with Gasteiger partial charge in [-0.15, -0.1) is 0 Å². The van der Waals surface area contributed by atoms with E-state index in [2.05, 4.69) is 10.3 Å². The summed E-state index contributed by atoms with van der Waals surface area (Å²) >= 11 is 1.32. The molecule has 1 atom stereocenters. The summed E-state index contributed by atoms with van der Waals surface area (Å²) in [7, 11) is -2.24. The summed E-state index contributed by atoms with van der Waals surface area (Å²) in [5.41, 5.74) is 6.27. The van der Waals surface area contributed by atoms with Gasteiger partial charge < -0.3 is 20.5 Å². The molecule has 1 unspecified atom stereocenters. The standard InChI is InChI=1S/C16H22N4O5S2/c1-24-15(21)11(9-17)10-18-16-19-13-3-2-12(8-14(13)26-16)27(22,23)20-4-6-25-7-5-20/h2-3,8,11H,4-7,9-10,17H2,1H3,(H,18,19). The number of thiazole rings is 1. The predicted molar refractivity (Wildman–Crippen MR) is 102 cm³/mol. The Bertz CT molecular complexity index is 909. The van der Waals surface area contributed by atoms with Gasteiger partial charge >= 0.3 is 5.97 Å². The Labute approximate surface area is 161 Å². The van der Waals surface area contributed by atoms with Gasteiger partial charge in [0.05, 0.1) is 41.4 Å². The van der Waals surface area contributed by atoms with Crippen molar-refractivity contribution in [1.29, 1.82) is 0 Å². The molecule has 2 aromatic rings.